The molecule has 0 aliphatic heterocycles. The molecule has 2 rings (SSSR count). The van der Waals surface area contributed by atoms with E-state index in [4.69, 9.17) is 0 Å². The Morgan fingerprint density at radius 3 is 2.27 bits per heavy atom. The molecule has 2 aromatic rings. The number of carbonyl (C=O) groups excluding carboxylic acids is 1. The minimum Gasteiger partial charge on any atom is -0.349 e. The first-order valence-electron chi connectivity index (χ1n) is 6.71. The predicted molar refractivity (Wildman–Crippen MR) is 81.5 cm³/mol. The molecule has 0 aliphatic rings. The first-order chi connectivity index (χ1) is 10.4. The maximum absolute atomic E-state index is 12.9. The van der Waals surface area contributed by atoms with Gasteiger partial charge in [0, 0.05) is 0 Å². The van der Waals surface area contributed by atoms with Crippen LogP contribution in [0.1, 0.15) is 18.5 Å². The van der Waals surface area contributed by atoms with Crippen molar-refractivity contribution >= 4 is 15.7 Å². The van der Waals surface area contributed by atoms with Crippen LogP contribution in [-0.2, 0) is 14.6 Å². The van der Waals surface area contributed by atoms with Crippen LogP contribution in [0.15, 0.2) is 59.5 Å². The van der Waals surface area contributed by atoms with Crippen molar-refractivity contribution in [1.82, 2.24) is 5.32 Å². The molecule has 0 aromatic heterocycles. The van der Waals surface area contributed by atoms with Crippen LogP contribution in [-0.4, -0.2) is 20.1 Å². The number of halogens is 1. The van der Waals surface area contributed by atoms with Gasteiger partial charge in [-0.25, -0.2) is 12.8 Å². The van der Waals surface area contributed by atoms with Gasteiger partial charge in [-0.2, -0.15) is 0 Å². The van der Waals surface area contributed by atoms with Gasteiger partial charge in [0.05, 0.1) is 10.9 Å². The fourth-order valence-corrected chi connectivity index (χ4v) is 3.17. The van der Waals surface area contributed by atoms with Gasteiger partial charge in [-0.1, -0.05) is 30.3 Å². The molecule has 0 saturated carbocycles. The Morgan fingerprint density at radius 1 is 1.09 bits per heavy atom. The molecule has 1 amide bonds. The number of hydrogen-bond acceptors (Lipinski definition) is 3. The second-order valence-electron chi connectivity index (χ2n) is 4.91. The molecular formula is C16H16FNO3S. The summed E-state index contributed by atoms with van der Waals surface area (Å²) in [6.07, 6.45) is 0. The Hall–Kier alpha value is -2.21. The van der Waals surface area contributed by atoms with Crippen molar-refractivity contribution in [3.63, 3.8) is 0 Å². The average Bonchev–Trinajstić information content (AvgIpc) is 2.48. The highest BCUT2D eigenvalue weighted by molar-refractivity contribution is 7.92. The van der Waals surface area contributed by atoms with Crippen molar-refractivity contribution in [3.05, 3.63) is 66.0 Å². The topological polar surface area (TPSA) is 63.2 Å². The third kappa shape index (κ3) is 4.14. The van der Waals surface area contributed by atoms with Crippen LogP contribution in [0.5, 0.6) is 0 Å². The Labute approximate surface area is 128 Å². The van der Waals surface area contributed by atoms with Gasteiger partial charge in [0.2, 0.25) is 5.91 Å². The van der Waals surface area contributed by atoms with Gasteiger partial charge in [-0.3, -0.25) is 4.79 Å². The van der Waals surface area contributed by atoms with Crippen LogP contribution < -0.4 is 5.32 Å². The first-order valence-corrected chi connectivity index (χ1v) is 8.36. The van der Waals surface area contributed by atoms with Gasteiger partial charge in [-0.05, 0) is 36.8 Å². The largest absolute Gasteiger partial charge is 0.349 e. The zero-order valence-electron chi connectivity index (χ0n) is 12.0. The van der Waals surface area contributed by atoms with E-state index in [0.717, 1.165) is 0 Å². The summed E-state index contributed by atoms with van der Waals surface area (Å²) < 4.78 is 37.0. The van der Waals surface area contributed by atoms with Crippen LogP contribution in [0.3, 0.4) is 0 Å². The maximum atomic E-state index is 12.9. The van der Waals surface area contributed by atoms with E-state index < -0.39 is 27.5 Å². The lowest BCUT2D eigenvalue weighted by Crippen LogP contribution is -2.32. The molecule has 0 aliphatic carbocycles. The van der Waals surface area contributed by atoms with Crippen LogP contribution in [0.4, 0.5) is 4.39 Å². The molecule has 1 atom stereocenters. The summed E-state index contributed by atoms with van der Waals surface area (Å²) in [4.78, 5) is 12.0. The standard InChI is InChI=1S/C16H16FNO3S/c1-12(13-7-9-14(17)10-8-13)18-16(19)11-22(20,21)15-5-3-2-4-6-15/h2-10,12H,11H2,1H3,(H,18,19). The van der Waals surface area contributed by atoms with E-state index in [9.17, 15) is 17.6 Å². The maximum Gasteiger partial charge on any atom is 0.236 e. The second-order valence-corrected chi connectivity index (χ2v) is 6.90. The van der Waals surface area contributed by atoms with Gasteiger partial charge in [-0.15, -0.1) is 0 Å². The number of amides is 1. The SMILES string of the molecule is CC(NC(=O)CS(=O)(=O)c1ccccc1)c1ccc(F)cc1. The van der Waals surface area contributed by atoms with Gasteiger partial charge >= 0.3 is 0 Å². The summed E-state index contributed by atoms with van der Waals surface area (Å²) in [5.41, 5.74) is 0.701. The van der Waals surface area contributed by atoms with Gasteiger partial charge in [0.1, 0.15) is 11.6 Å². The number of sulfone groups is 1. The second kappa shape index (κ2) is 6.70. The summed E-state index contributed by atoms with van der Waals surface area (Å²) in [5.74, 6) is -1.59. The van der Waals surface area contributed by atoms with Crippen LogP contribution >= 0.6 is 0 Å². The van der Waals surface area contributed by atoms with E-state index in [1.165, 1.54) is 24.3 Å². The van der Waals surface area contributed by atoms with Crippen molar-refractivity contribution in [2.75, 3.05) is 5.75 Å². The zero-order chi connectivity index (χ0) is 16.2. The van der Waals surface area contributed by atoms with Gasteiger partial charge in [0.15, 0.2) is 9.84 Å². The highest BCUT2D eigenvalue weighted by atomic mass is 32.2. The van der Waals surface area contributed by atoms with Crippen molar-refractivity contribution in [3.8, 4) is 0 Å². The highest BCUT2D eigenvalue weighted by Gasteiger charge is 2.20. The van der Waals surface area contributed by atoms with E-state index in [0.29, 0.717) is 5.56 Å². The summed E-state index contributed by atoms with van der Waals surface area (Å²) in [7, 11) is -3.67. The smallest absolute Gasteiger partial charge is 0.236 e. The molecule has 6 heteroatoms. The summed E-state index contributed by atoms with van der Waals surface area (Å²) in [5, 5.41) is 2.60. The number of benzene rings is 2. The first kappa shape index (κ1) is 16.2. The van der Waals surface area contributed by atoms with Crippen molar-refractivity contribution < 1.29 is 17.6 Å². The molecule has 4 nitrogen and oxygen atoms in total. The van der Waals surface area contributed by atoms with E-state index in [1.54, 1.807) is 37.3 Å². The minimum absolute atomic E-state index is 0.111. The predicted octanol–water partition coefficient (Wildman–Crippen LogP) is 2.48. The molecular weight excluding hydrogens is 305 g/mol. The van der Waals surface area contributed by atoms with Crippen LogP contribution in [0, 0.1) is 5.82 Å². The quantitative estimate of drug-likeness (QED) is 0.920. The lowest BCUT2D eigenvalue weighted by molar-refractivity contribution is -0.119. The Morgan fingerprint density at radius 2 is 1.68 bits per heavy atom. The molecule has 0 fully saturated rings. The molecule has 22 heavy (non-hydrogen) atoms. The highest BCUT2D eigenvalue weighted by Crippen LogP contribution is 2.14. The molecule has 0 saturated heterocycles. The summed E-state index contributed by atoms with van der Waals surface area (Å²) >= 11 is 0. The third-order valence-corrected chi connectivity index (χ3v) is 4.80. The fourth-order valence-electron chi connectivity index (χ4n) is 2.00. The lowest BCUT2D eigenvalue weighted by Gasteiger charge is -2.14. The molecule has 0 heterocycles. The molecule has 0 radical (unpaired) electrons. The normalized spacial score (nSPS) is 12.6. The number of carbonyl (C=O) groups is 1. The zero-order valence-corrected chi connectivity index (χ0v) is 12.8. The number of rotatable bonds is 5. The van der Waals surface area contributed by atoms with E-state index in [-0.39, 0.29) is 10.7 Å². The van der Waals surface area contributed by atoms with Gasteiger partial charge < -0.3 is 5.32 Å². The van der Waals surface area contributed by atoms with E-state index in [2.05, 4.69) is 5.32 Å². The van der Waals surface area contributed by atoms with Crippen molar-refractivity contribution in [2.24, 2.45) is 0 Å². The monoisotopic (exact) mass is 321 g/mol. The summed E-state index contributed by atoms with van der Waals surface area (Å²) in [6, 6.07) is 13.1. The molecule has 0 bridgehead atoms. The van der Waals surface area contributed by atoms with Crippen molar-refractivity contribution in [1.29, 1.82) is 0 Å². The Kier molecular flexibility index (Phi) is 4.92. The van der Waals surface area contributed by atoms with Crippen LogP contribution in [0.2, 0.25) is 0 Å². The Bertz CT molecular complexity index is 743. The molecule has 1 N–H and O–H groups in total. The third-order valence-electron chi connectivity index (χ3n) is 3.17. The van der Waals surface area contributed by atoms with Crippen LogP contribution in [0.25, 0.3) is 0 Å². The Balaban J connectivity index is 2.02. The van der Waals surface area contributed by atoms with Gasteiger partial charge in [0.25, 0.3) is 0 Å². The molecule has 116 valence electrons. The van der Waals surface area contributed by atoms with E-state index >= 15 is 0 Å². The average molecular weight is 321 g/mol. The lowest BCUT2D eigenvalue weighted by atomic mass is 10.1. The molecule has 2 aromatic carbocycles. The van der Waals surface area contributed by atoms with Crippen molar-refractivity contribution in [2.45, 2.75) is 17.9 Å². The molecule has 1 unspecified atom stereocenters. The summed E-state index contributed by atoms with van der Waals surface area (Å²) in [6.45, 7) is 1.71. The fraction of sp³-hybridized carbons (Fsp3) is 0.188. The number of nitrogens with one attached hydrogen (secondary N) is 1. The minimum atomic E-state index is -3.67. The number of hydrogen-bond donors (Lipinski definition) is 1. The molecule has 0 spiro atoms. The van der Waals surface area contributed by atoms with E-state index in [1.807, 2.05) is 0 Å².